The van der Waals surface area contributed by atoms with Gasteiger partial charge in [-0.25, -0.2) is 0 Å². The SMILES string of the molecule is Cc1cc(Oc2ccc(-c3ccc(OCC4CO4)cc3)cc2)nc(Oc2ccc(-c3ccc(OCC4CO4)cc3)cc2)n1. The predicted molar refractivity (Wildman–Crippen MR) is 161 cm³/mol. The Morgan fingerprint density at radius 1 is 0.558 bits per heavy atom. The molecule has 43 heavy (non-hydrogen) atoms. The van der Waals surface area contributed by atoms with E-state index in [4.69, 9.17) is 28.4 Å². The van der Waals surface area contributed by atoms with E-state index in [2.05, 4.69) is 9.97 Å². The number of epoxide rings is 2. The molecule has 4 aromatic carbocycles. The Balaban J connectivity index is 0.964. The maximum atomic E-state index is 6.05. The van der Waals surface area contributed by atoms with Crippen molar-refractivity contribution in [3.05, 3.63) is 109 Å². The second-order valence-corrected chi connectivity index (χ2v) is 10.5. The van der Waals surface area contributed by atoms with E-state index in [0.29, 0.717) is 30.6 Å². The number of hydrogen-bond acceptors (Lipinski definition) is 8. The van der Waals surface area contributed by atoms with Crippen LogP contribution in [0.15, 0.2) is 103 Å². The highest BCUT2D eigenvalue weighted by Gasteiger charge is 2.23. The Morgan fingerprint density at radius 2 is 0.953 bits per heavy atom. The minimum atomic E-state index is 0.219. The van der Waals surface area contributed by atoms with Gasteiger partial charge < -0.3 is 28.4 Å². The van der Waals surface area contributed by atoms with E-state index in [9.17, 15) is 0 Å². The quantitative estimate of drug-likeness (QED) is 0.144. The molecule has 0 aliphatic carbocycles. The monoisotopic (exact) mass is 574 g/mol. The van der Waals surface area contributed by atoms with Crippen LogP contribution in [-0.4, -0.2) is 48.6 Å². The highest BCUT2D eigenvalue weighted by Crippen LogP contribution is 2.30. The number of benzene rings is 4. The first-order chi connectivity index (χ1) is 21.1. The van der Waals surface area contributed by atoms with E-state index in [1.165, 1.54) is 0 Å². The zero-order valence-corrected chi connectivity index (χ0v) is 23.6. The van der Waals surface area contributed by atoms with Crippen molar-refractivity contribution >= 4 is 0 Å². The molecule has 2 saturated heterocycles. The molecule has 0 saturated carbocycles. The molecular formula is C35H30N2O6. The molecular weight excluding hydrogens is 544 g/mol. The van der Waals surface area contributed by atoms with Crippen molar-refractivity contribution in [2.45, 2.75) is 19.1 Å². The Hall–Kier alpha value is -4.92. The van der Waals surface area contributed by atoms with Crippen molar-refractivity contribution in [2.24, 2.45) is 0 Å². The molecule has 2 unspecified atom stereocenters. The molecule has 2 atom stereocenters. The highest BCUT2D eigenvalue weighted by molar-refractivity contribution is 5.66. The molecule has 7 rings (SSSR count). The zero-order chi connectivity index (χ0) is 29.0. The summed E-state index contributed by atoms with van der Waals surface area (Å²) in [5, 5.41) is 0. The fraction of sp³-hybridized carbons (Fsp3) is 0.200. The van der Waals surface area contributed by atoms with Crippen molar-refractivity contribution in [3.63, 3.8) is 0 Å². The van der Waals surface area contributed by atoms with Crippen LogP contribution in [0.1, 0.15) is 5.69 Å². The van der Waals surface area contributed by atoms with Crippen molar-refractivity contribution in [1.29, 1.82) is 0 Å². The van der Waals surface area contributed by atoms with Gasteiger partial charge in [0.25, 0.3) is 0 Å². The number of aryl methyl sites for hydroxylation is 1. The molecule has 0 radical (unpaired) electrons. The Kier molecular flexibility index (Phi) is 7.60. The topological polar surface area (TPSA) is 87.8 Å². The van der Waals surface area contributed by atoms with Gasteiger partial charge in [0, 0.05) is 11.8 Å². The zero-order valence-electron chi connectivity index (χ0n) is 23.6. The number of rotatable bonds is 12. The predicted octanol–water partition coefficient (Wildman–Crippen LogP) is 7.26. The standard InChI is InChI=1S/C35H30N2O6/c1-23-18-34(42-30-14-6-26(7-15-30)24-2-10-28(11-3-24)38-19-32-21-40-32)37-35(36-23)43-31-16-8-27(9-17-31)25-4-12-29(13-5-25)39-20-33-22-41-33/h2-18,32-33H,19-22H2,1H3. The van der Waals surface area contributed by atoms with Crippen LogP contribution in [0.5, 0.6) is 34.9 Å². The van der Waals surface area contributed by atoms with Crippen LogP contribution in [0.3, 0.4) is 0 Å². The molecule has 0 N–H and O–H groups in total. The van der Waals surface area contributed by atoms with Gasteiger partial charge in [-0.2, -0.15) is 9.97 Å². The third-order valence-electron chi connectivity index (χ3n) is 7.00. The molecule has 5 aromatic rings. The first-order valence-corrected chi connectivity index (χ1v) is 14.2. The van der Waals surface area contributed by atoms with Gasteiger partial charge in [-0.15, -0.1) is 0 Å². The summed E-state index contributed by atoms with van der Waals surface area (Å²) in [5.74, 6) is 3.37. The summed E-state index contributed by atoms with van der Waals surface area (Å²) < 4.78 is 33.9. The maximum absolute atomic E-state index is 6.05. The Labute approximate surface area is 249 Å². The first kappa shape index (κ1) is 26.9. The fourth-order valence-corrected chi connectivity index (χ4v) is 4.46. The lowest BCUT2D eigenvalue weighted by Gasteiger charge is -2.10. The lowest BCUT2D eigenvalue weighted by atomic mass is 10.1. The van der Waals surface area contributed by atoms with Crippen LogP contribution in [0.25, 0.3) is 22.3 Å². The van der Waals surface area contributed by atoms with E-state index in [1.54, 1.807) is 6.07 Å². The van der Waals surface area contributed by atoms with Crippen LogP contribution >= 0.6 is 0 Å². The summed E-state index contributed by atoms with van der Waals surface area (Å²) in [6.45, 7) is 4.63. The van der Waals surface area contributed by atoms with Gasteiger partial charge in [-0.05, 0) is 77.7 Å². The smallest absolute Gasteiger partial charge is 0.325 e. The molecule has 216 valence electrons. The van der Waals surface area contributed by atoms with Gasteiger partial charge in [0.15, 0.2) is 0 Å². The van der Waals surface area contributed by atoms with Gasteiger partial charge in [0.1, 0.15) is 48.4 Å². The summed E-state index contributed by atoms with van der Waals surface area (Å²) in [4.78, 5) is 8.90. The van der Waals surface area contributed by atoms with Gasteiger partial charge in [-0.3, -0.25) is 0 Å². The molecule has 0 spiro atoms. The summed E-state index contributed by atoms with van der Waals surface area (Å²) in [7, 11) is 0. The summed E-state index contributed by atoms with van der Waals surface area (Å²) >= 11 is 0. The van der Waals surface area contributed by atoms with E-state index in [0.717, 1.165) is 52.7 Å². The van der Waals surface area contributed by atoms with Crippen molar-refractivity contribution < 1.29 is 28.4 Å². The van der Waals surface area contributed by atoms with Gasteiger partial charge in [0.05, 0.1) is 13.2 Å². The van der Waals surface area contributed by atoms with Crippen molar-refractivity contribution in [3.8, 4) is 57.1 Å². The molecule has 0 bridgehead atoms. The lowest BCUT2D eigenvalue weighted by molar-refractivity contribution is 0.263. The average molecular weight is 575 g/mol. The summed E-state index contributed by atoms with van der Waals surface area (Å²) in [6, 6.07) is 33.7. The van der Waals surface area contributed by atoms with Gasteiger partial charge in [-0.1, -0.05) is 48.5 Å². The maximum Gasteiger partial charge on any atom is 0.325 e. The van der Waals surface area contributed by atoms with Crippen LogP contribution in [0, 0.1) is 6.92 Å². The molecule has 0 amide bonds. The Morgan fingerprint density at radius 3 is 1.37 bits per heavy atom. The van der Waals surface area contributed by atoms with Crippen LogP contribution in [0.4, 0.5) is 0 Å². The van der Waals surface area contributed by atoms with E-state index >= 15 is 0 Å². The van der Waals surface area contributed by atoms with E-state index in [-0.39, 0.29) is 18.2 Å². The molecule has 3 heterocycles. The highest BCUT2D eigenvalue weighted by atomic mass is 16.6. The molecule has 8 nitrogen and oxygen atoms in total. The van der Waals surface area contributed by atoms with Crippen LogP contribution in [0.2, 0.25) is 0 Å². The largest absolute Gasteiger partial charge is 0.491 e. The molecule has 2 aliphatic heterocycles. The van der Waals surface area contributed by atoms with Crippen LogP contribution < -0.4 is 18.9 Å². The average Bonchev–Trinajstić information content (AvgIpc) is 3.96. The number of nitrogens with zero attached hydrogens (tertiary/aromatic N) is 2. The second kappa shape index (κ2) is 12.1. The Bertz CT molecular complexity index is 1540. The van der Waals surface area contributed by atoms with Gasteiger partial charge in [0.2, 0.25) is 5.88 Å². The second-order valence-electron chi connectivity index (χ2n) is 10.5. The number of hydrogen-bond donors (Lipinski definition) is 0. The molecule has 8 heteroatoms. The van der Waals surface area contributed by atoms with Crippen molar-refractivity contribution in [2.75, 3.05) is 26.4 Å². The van der Waals surface area contributed by atoms with Gasteiger partial charge >= 0.3 is 6.01 Å². The third-order valence-corrected chi connectivity index (χ3v) is 7.00. The van der Waals surface area contributed by atoms with Crippen molar-refractivity contribution in [1.82, 2.24) is 9.97 Å². The molecule has 2 fully saturated rings. The minimum absolute atomic E-state index is 0.219. The molecule has 2 aliphatic rings. The molecule has 1 aromatic heterocycles. The lowest BCUT2D eigenvalue weighted by Crippen LogP contribution is -2.03. The number of ether oxygens (including phenoxy) is 6. The summed E-state index contributed by atoms with van der Waals surface area (Å²) in [6.07, 6.45) is 0.477. The van der Waals surface area contributed by atoms with E-state index in [1.807, 2.05) is 104 Å². The van der Waals surface area contributed by atoms with E-state index < -0.39 is 0 Å². The normalized spacial score (nSPS) is 16.8. The summed E-state index contributed by atoms with van der Waals surface area (Å²) in [5.41, 5.74) is 5.05. The first-order valence-electron chi connectivity index (χ1n) is 14.2. The fourth-order valence-electron chi connectivity index (χ4n) is 4.46. The minimum Gasteiger partial charge on any atom is -0.491 e. The third kappa shape index (κ3) is 7.30. The number of aromatic nitrogens is 2. The van der Waals surface area contributed by atoms with Crippen LogP contribution in [-0.2, 0) is 9.47 Å².